The topological polar surface area (TPSA) is 60.2 Å². The minimum Gasteiger partial charge on any atom is -0.495 e. The molecule has 0 saturated carbocycles. The summed E-state index contributed by atoms with van der Waals surface area (Å²) in [6.07, 6.45) is 3.47. The predicted octanol–water partition coefficient (Wildman–Crippen LogP) is 0.527. The lowest BCUT2D eigenvalue weighted by Crippen LogP contribution is -2.32. The summed E-state index contributed by atoms with van der Waals surface area (Å²) in [6.45, 7) is 3.44. The molecule has 1 atom stereocenters. The SMILES string of the molecule is COc1cnccc1CN[C@H](C)CN. The second-order valence-corrected chi connectivity index (χ2v) is 3.21. The zero-order valence-corrected chi connectivity index (χ0v) is 8.66. The number of nitrogens with one attached hydrogen (secondary N) is 1. The van der Waals surface area contributed by atoms with Crippen LogP contribution >= 0.6 is 0 Å². The molecule has 0 saturated heterocycles. The van der Waals surface area contributed by atoms with E-state index in [9.17, 15) is 0 Å². The molecule has 0 radical (unpaired) electrons. The Morgan fingerprint density at radius 1 is 1.64 bits per heavy atom. The van der Waals surface area contributed by atoms with Gasteiger partial charge in [-0.05, 0) is 13.0 Å². The number of nitrogens with two attached hydrogens (primary N) is 1. The fraction of sp³-hybridized carbons (Fsp3) is 0.500. The molecule has 1 aromatic heterocycles. The molecule has 14 heavy (non-hydrogen) atoms. The van der Waals surface area contributed by atoms with Crippen LogP contribution in [0.1, 0.15) is 12.5 Å². The van der Waals surface area contributed by atoms with Crippen LogP contribution in [0.3, 0.4) is 0 Å². The second-order valence-electron chi connectivity index (χ2n) is 3.21. The summed E-state index contributed by atoms with van der Waals surface area (Å²) >= 11 is 0. The smallest absolute Gasteiger partial charge is 0.141 e. The van der Waals surface area contributed by atoms with Crippen molar-refractivity contribution in [1.82, 2.24) is 10.3 Å². The van der Waals surface area contributed by atoms with Crippen LogP contribution in [0.5, 0.6) is 5.75 Å². The largest absolute Gasteiger partial charge is 0.495 e. The third-order valence-electron chi connectivity index (χ3n) is 2.08. The lowest BCUT2D eigenvalue weighted by Gasteiger charge is -2.12. The first-order valence-electron chi connectivity index (χ1n) is 4.68. The summed E-state index contributed by atoms with van der Waals surface area (Å²) in [5.41, 5.74) is 6.60. The molecule has 0 aliphatic heterocycles. The van der Waals surface area contributed by atoms with Crippen LogP contribution in [-0.2, 0) is 6.54 Å². The maximum atomic E-state index is 5.50. The average molecular weight is 195 g/mol. The van der Waals surface area contributed by atoms with Crippen molar-refractivity contribution in [2.24, 2.45) is 5.73 Å². The van der Waals surface area contributed by atoms with Gasteiger partial charge in [-0.25, -0.2) is 0 Å². The van der Waals surface area contributed by atoms with Crippen molar-refractivity contribution in [3.63, 3.8) is 0 Å². The molecule has 0 spiro atoms. The Kier molecular flexibility index (Phi) is 4.35. The van der Waals surface area contributed by atoms with Crippen LogP contribution in [0, 0.1) is 0 Å². The number of methoxy groups -OCH3 is 1. The molecule has 0 aliphatic carbocycles. The van der Waals surface area contributed by atoms with Crippen molar-refractivity contribution < 1.29 is 4.74 Å². The van der Waals surface area contributed by atoms with E-state index in [0.29, 0.717) is 12.6 Å². The minimum absolute atomic E-state index is 0.313. The molecule has 0 bridgehead atoms. The van der Waals surface area contributed by atoms with Gasteiger partial charge in [-0.3, -0.25) is 4.98 Å². The third-order valence-corrected chi connectivity index (χ3v) is 2.08. The molecule has 0 amide bonds. The monoisotopic (exact) mass is 195 g/mol. The van der Waals surface area contributed by atoms with Crippen LogP contribution in [0.4, 0.5) is 0 Å². The number of aromatic nitrogens is 1. The summed E-state index contributed by atoms with van der Waals surface area (Å²) in [4.78, 5) is 3.99. The normalized spacial score (nSPS) is 12.5. The maximum Gasteiger partial charge on any atom is 0.141 e. The van der Waals surface area contributed by atoms with Crippen molar-refractivity contribution in [3.8, 4) is 5.75 Å². The summed E-state index contributed by atoms with van der Waals surface area (Å²) in [5, 5.41) is 3.29. The van der Waals surface area contributed by atoms with E-state index in [-0.39, 0.29) is 0 Å². The number of pyridine rings is 1. The van der Waals surface area contributed by atoms with Gasteiger partial charge in [0.05, 0.1) is 13.3 Å². The first-order valence-corrected chi connectivity index (χ1v) is 4.68. The molecule has 1 aromatic rings. The Morgan fingerprint density at radius 3 is 3.07 bits per heavy atom. The maximum absolute atomic E-state index is 5.50. The van der Waals surface area contributed by atoms with E-state index in [4.69, 9.17) is 10.5 Å². The van der Waals surface area contributed by atoms with Gasteiger partial charge in [-0.2, -0.15) is 0 Å². The lowest BCUT2D eigenvalue weighted by molar-refractivity contribution is 0.404. The molecule has 4 heteroatoms. The summed E-state index contributed by atoms with van der Waals surface area (Å²) in [7, 11) is 1.65. The Morgan fingerprint density at radius 2 is 2.43 bits per heavy atom. The highest BCUT2D eigenvalue weighted by Crippen LogP contribution is 2.14. The van der Waals surface area contributed by atoms with E-state index in [1.165, 1.54) is 0 Å². The van der Waals surface area contributed by atoms with Crippen LogP contribution in [0.2, 0.25) is 0 Å². The van der Waals surface area contributed by atoms with E-state index in [2.05, 4.69) is 10.3 Å². The summed E-state index contributed by atoms with van der Waals surface area (Å²) in [6, 6.07) is 2.25. The van der Waals surface area contributed by atoms with Crippen LogP contribution in [-0.4, -0.2) is 24.7 Å². The fourth-order valence-corrected chi connectivity index (χ4v) is 1.11. The molecule has 78 valence electrons. The number of rotatable bonds is 5. The van der Waals surface area contributed by atoms with Gasteiger partial charge in [0.1, 0.15) is 5.75 Å². The Bertz CT molecular complexity index is 278. The highest BCUT2D eigenvalue weighted by molar-refractivity contribution is 5.29. The second kappa shape index (κ2) is 5.57. The van der Waals surface area contributed by atoms with Crippen LogP contribution < -0.4 is 15.8 Å². The Labute approximate surface area is 84.5 Å². The number of ether oxygens (including phenoxy) is 1. The number of hydrogen-bond acceptors (Lipinski definition) is 4. The fourth-order valence-electron chi connectivity index (χ4n) is 1.11. The van der Waals surface area contributed by atoms with Gasteiger partial charge in [0.25, 0.3) is 0 Å². The van der Waals surface area contributed by atoms with Crippen LogP contribution in [0.15, 0.2) is 18.5 Å². The Balaban J connectivity index is 2.57. The molecular weight excluding hydrogens is 178 g/mol. The van der Waals surface area contributed by atoms with Crippen LogP contribution in [0.25, 0.3) is 0 Å². The van der Waals surface area contributed by atoms with E-state index >= 15 is 0 Å². The highest BCUT2D eigenvalue weighted by atomic mass is 16.5. The first-order chi connectivity index (χ1) is 6.77. The highest BCUT2D eigenvalue weighted by Gasteiger charge is 2.03. The van der Waals surface area contributed by atoms with Crippen molar-refractivity contribution in [3.05, 3.63) is 24.0 Å². The molecule has 0 aromatic carbocycles. The zero-order chi connectivity index (χ0) is 10.4. The number of hydrogen-bond donors (Lipinski definition) is 2. The Hall–Kier alpha value is -1.13. The summed E-state index contributed by atoms with van der Waals surface area (Å²) in [5.74, 6) is 0.809. The molecule has 0 fully saturated rings. The van der Waals surface area contributed by atoms with Crippen molar-refractivity contribution >= 4 is 0 Å². The van der Waals surface area contributed by atoms with Gasteiger partial charge in [0.2, 0.25) is 0 Å². The lowest BCUT2D eigenvalue weighted by atomic mass is 10.2. The number of nitrogens with zero attached hydrogens (tertiary/aromatic N) is 1. The van der Waals surface area contributed by atoms with Crippen molar-refractivity contribution in [1.29, 1.82) is 0 Å². The molecule has 1 rings (SSSR count). The standard InChI is InChI=1S/C10H17N3O/c1-8(5-11)13-6-9-3-4-12-7-10(9)14-2/h3-4,7-8,13H,5-6,11H2,1-2H3/t8-/m1/s1. The van der Waals surface area contributed by atoms with Crippen molar-refractivity contribution in [2.75, 3.05) is 13.7 Å². The molecular formula is C10H17N3O. The first kappa shape index (κ1) is 10.9. The third kappa shape index (κ3) is 2.97. The molecule has 3 N–H and O–H groups in total. The van der Waals surface area contributed by atoms with Gasteiger partial charge in [-0.1, -0.05) is 0 Å². The minimum atomic E-state index is 0.313. The molecule has 4 nitrogen and oxygen atoms in total. The van der Waals surface area contributed by atoms with Crippen molar-refractivity contribution in [2.45, 2.75) is 19.5 Å². The molecule has 0 unspecified atom stereocenters. The molecule has 0 aliphatic rings. The van der Waals surface area contributed by atoms with Gasteiger partial charge in [0.15, 0.2) is 0 Å². The zero-order valence-electron chi connectivity index (χ0n) is 8.66. The van der Waals surface area contributed by atoms with E-state index in [0.717, 1.165) is 17.9 Å². The van der Waals surface area contributed by atoms with Gasteiger partial charge in [-0.15, -0.1) is 0 Å². The predicted molar refractivity (Wildman–Crippen MR) is 56.1 cm³/mol. The van der Waals surface area contributed by atoms with E-state index in [1.807, 2.05) is 13.0 Å². The van der Waals surface area contributed by atoms with Gasteiger partial charge < -0.3 is 15.8 Å². The van der Waals surface area contributed by atoms with E-state index in [1.54, 1.807) is 19.5 Å². The molecule has 1 heterocycles. The summed E-state index contributed by atoms with van der Waals surface area (Å²) < 4.78 is 5.18. The average Bonchev–Trinajstić information content (AvgIpc) is 2.26. The van der Waals surface area contributed by atoms with E-state index < -0.39 is 0 Å². The van der Waals surface area contributed by atoms with Gasteiger partial charge in [0, 0.05) is 30.9 Å². The van der Waals surface area contributed by atoms with Gasteiger partial charge >= 0.3 is 0 Å². The quantitative estimate of drug-likeness (QED) is 0.719.